The first kappa shape index (κ1) is 10.1. The summed E-state index contributed by atoms with van der Waals surface area (Å²) in [6.45, 7) is 0.237. The zero-order valence-electron chi connectivity index (χ0n) is 7.97. The molecule has 0 saturated heterocycles. The number of azide groups is 1. The van der Waals surface area contributed by atoms with Crippen molar-refractivity contribution < 1.29 is 9.53 Å². The summed E-state index contributed by atoms with van der Waals surface area (Å²) in [5.41, 5.74) is 9.34. The molecule has 1 aromatic rings. The molecule has 0 spiro atoms. The van der Waals surface area contributed by atoms with E-state index in [0.717, 1.165) is 5.56 Å². The molecule has 0 fully saturated rings. The Labute approximate surface area is 80.7 Å². The summed E-state index contributed by atoms with van der Waals surface area (Å²) < 4.78 is 6.20. The van der Waals surface area contributed by atoms with E-state index in [0.29, 0.717) is 5.69 Å². The topological polar surface area (TPSA) is 80.0 Å². The van der Waals surface area contributed by atoms with Gasteiger partial charge in [0.05, 0.1) is 13.7 Å². The van der Waals surface area contributed by atoms with Gasteiger partial charge in [0.2, 0.25) is 0 Å². The lowest BCUT2D eigenvalue weighted by atomic mass is 10.3. The number of nitrogens with zero attached hydrogens (tertiary/aromatic N) is 4. The van der Waals surface area contributed by atoms with Gasteiger partial charge in [-0.3, -0.25) is 0 Å². The Morgan fingerprint density at radius 3 is 3.07 bits per heavy atom. The SMILES string of the molecule is COC(=O)c1cc(CN=[N+]=[N-])cn1C. The van der Waals surface area contributed by atoms with Crippen molar-refractivity contribution in [3.8, 4) is 0 Å². The van der Waals surface area contributed by atoms with Gasteiger partial charge in [-0.15, -0.1) is 0 Å². The first-order chi connectivity index (χ1) is 6.69. The minimum absolute atomic E-state index is 0.237. The quantitative estimate of drug-likeness (QED) is 0.317. The molecular weight excluding hydrogens is 184 g/mol. The van der Waals surface area contributed by atoms with E-state index in [-0.39, 0.29) is 6.54 Å². The van der Waals surface area contributed by atoms with E-state index in [2.05, 4.69) is 14.8 Å². The number of methoxy groups -OCH3 is 1. The zero-order chi connectivity index (χ0) is 10.6. The molecule has 0 amide bonds. The molecule has 0 unspecified atom stereocenters. The van der Waals surface area contributed by atoms with E-state index in [1.54, 1.807) is 23.9 Å². The lowest BCUT2D eigenvalue weighted by Gasteiger charge is -1.98. The second-order valence-corrected chi connectivity index (χ2v) is 2.73. The van der Waals surface area contributed by atoms with Crippen molar-refractivity contribution in [3.05, 3.63) is 34.0 Å². The maximum Gasteiger partial charge on any atom is 0.354 e. The van der Waals surface area contributed by atoms with Crippen LogP contribution in [0.15, 0.2) is 17.4 Å². The monoisotopic (exact) mass is 194 g/mol. The van der Waals surface area contributed by atoms with Crippen LogP contribution in [0.1, 0.15) is 16.1 Å². The van der Waals surface area contributed by atoms with Crippen molar-refractivity contribution in [3.63, 3.8) is 0 Å². The fourth-order valence-electron chi connectivity index (χ4n) is 1.14. The Morgan fingerprint density at radius 1 is 1.79 bits per heavy atom. The standard InChI is InChI=1S/C8H10N4O2/c1-12-5-6(4-10-11-9)3-7(12)8(13)14-2/h3,5H,4H2,1-2H3. The highest BCUT2D eigenvalue weighted by molar-refractivity contribution is 5.87. The van der Waals surface area contributed by atoms with Crippen molar-refractivity contribution in [2.45, 2.75) is 6.54 Å². The van der Waals surface area contributed by atoms with Gasteiger partial charge in [-0.25, -0.2) is 4.79 Å². The summed E-state index contributed by atoms with van der Waals surface area (Å²) in [6.07, 6.45) is 1.72. The second-order valence-electron chi connectivity index (χ2n) is 2.73. The third kappa shape index (κ3) is 2.05. The van der Waals surface area contributed by atoms with Crippen molar-refractivity contribution in [1.82, 2.24) is 4.57 Å². The first-order valence-electron chi connectivity index (χ1n) is 3.93. The minimum Gasteiger partial charge on any atom is -0.464 e. The van der Waals surface area contributed by atoms with Crippen LogP contribution >= 0.6 is 0 Å². The Hall–Kier alpha value is -1.94. The first-order valence-corrected chi connectivity index (χ1v) is 3.93. The Balaban J connectivity index is 2.92. The van der Waals surface area contributed by atoms with Crippen LogP contribution in [0.5, 0.6) is 0 Å². The molecule has 0 aliphatic heterocycles. The van der Waals surface area contributed by atoms with Gasteiger partial charge in [0, 0.05) is 18.2 Å². The molecule has 0 aliphatic rings. The zero-order valence-corrected chi connectivity index (χ0v) is 7.97. The van der Waals surface area contributed by atoms with Crippen LogP contribution < -0.4 is 0 Å². The third-order valence-corrected chi connectivity index (χ3v) is 1.77. The number of rotatable bonds is 3. The Bertz CT molecular complexity index is 390. The van der Waals surface area contributed by atoms with Gasteiger partial charge in [0.25, 0.3) is 0 Å². The highest BCUT2D eigenvalue weighted by atomic mass is 16.5. The number of carbonyl (C=O) groups is 1. The molecule has 74 valence electrons. The lowest BCUT2D eigenvalue weighted by Crippen LogP contribution is -2.06. The van der Waals surface area contributed by atoms with Crippen molar-refractivity contribution >= 4 is 5.97 Å². The average Bonchev–Trinajstić information content (AvgIpc) is 2.55. The van der Waals surface area contributed by atoms with E-state index in [9.17, 15) is 4.79 Å². The second kappa shape index (κ2) is 4.34. The van der Waals surface area contributed by atoms with Gasteiger partial charge in [-0.05, 0) is 17.2 Å². The molecule has 1 heterocycles. The van der Waals surface area contributed by atoms with Crippen LogP contribution in [0.2, 0.25) is 0 Å². The predicted molar refractivity (Wildman–Crippen MR) is 49.6 cm³/mol. The molecule has 1 rings (SSSR count). The number of aromatic nitrogens is 1. The predicted octanol–water partition coefficient (Wildman–Crippen LogP) is 1.62. The number of esters is 1. The summed E-state index contributed by atoms with van der Waals surface area (Å²) in [5.74, 6) is -0.403. The molecule has 0 radical (unpaired) electrons. The van der Waals surface area contributed by atoms with Gasteiger partial charge >= 0.3 is 5.97 Å². The van der Waals surface area contributed by atoms with Gasteiger partial charge in [-0.2, -0.15) is 0 Å². The maximum atomic E-state index is 11.2. The number of hydrogen-bond donors (Lipinski definition) is 0. The minimum atomic E-state index is -0.403. The van der Waals surface area contributed by atoms with Crippen LogP contribution in [-0.2, 0) is 18.3 Å². The molecule has 6 heteroatoms. The molecule has 0 aromatic carbocycles. The number of aryl methyl sites for hydroxylation is 1. The largest absolute Gasteiger partial charge is 0.464 e. The van der Waals surface area contributed by atoms with E-state index < -0.39 is 5.97 Å². The van der Waals surface area contributed by atoms with E-state index in [1.165, 1.54) is 7.11 Å². The van der Waals surface area contributed by atoms with Crippen LogP contribution in [0.25, 0.3) is 10.4 Å². The molecule has 0 N–H and O–H groups in total. The molecule has 6 nitrogen and oxygen atoms in total. The summed E-state index contributed by atoms with van der Waals surface area (Å²) in [4.78, 5) is 13.8. The van der Waals surface area contributed by atoms with Crippen molar-refractivity contribution in [2.75, 3.05) is 7.11 Å². The van der Waals surface area contributed by atoms with Crippen LogP contribution in [0.4, 0.5) is 0 Å². The average molecular weight is 194 g/mol. The van der Waals surface area contributed by atoms with Gasteiger partial charge in [-0.1, -0.05) is 5.11 Å². The molecule has 0 saturated carbocycles. The lowest BCUT2D eigenvalue weighted by molar-refractivity contribution is 0.0590. The Morgan fingerprint density at radius 2 is 2.50 bits per heavy atom. The van der Waals surface area contributed by atoms with Crippen LogP contribution in [0.3, 0.4) is 0 Å². The summed E-state index contributed by atoms with van der Waals surface area (Å²) in [5, 5.41) is 3.40. The normalized spacial score (nSPS) is 9.29. The highest BCUT2D eigenvalue weighted by Crippen LogP contribution is 2.09. The fraction of sp³-hybridized carbons (Fsp3) is 0.375. The summed E-state index contributed by atoms with van der Waals surface area (Å²) in [6, 6.07) is 1.64. The summed E-state index contributed by atoms with van der Waals surface area (Å²) >= 11 is 0. The number of carbonyl (C=O) groups excluding carboxylic acids is 1. The van der Waals surface area contributed by atoms with Crippen molar-refractivity contribution in [1.29, 1.82) is 0 Å². The smallest absolute Gasteiger partial charge is 0.354 e. The van der Waals surface area contributed by atoms with Crippen LogP contribution in [0, 0.1) is 0 Å². The van der Waals surface area contributed by atoms with E-state index >= 15 is 0 Å². The van der Waals surface area contributed by atoms with Gasteiger partial charge in [0.1, 0.15) is 5.69 Å². The molecule has 14 heavy (non-hydrogen) atoms. The highest BCUT2D eigenvalue weighted by Gasteiger charge is 2.10. The number of ether oxygens (including phenoxy) is 1. The van der Waals surface area contributed by atoms with E-state index in [4.69, 9.17) is 5.53 Å². The van der Waals surface area contributed by atoms with Gasteiger partial charge < -0.3 is 9.30 Å². The number of hydrogen-bond acceptors (Lipinski definition) is 3. The van der Waals surface area contributed by atoms with E-state index in [1.807, 2.05) is 0 Å². The third-order valence-electron chi connectivity index (χ3n) is 1.77. The van der Waals surface area contributed by atoms with Crippen molar-refractivity contribution in [2.24, 2.45) is 12.2 Å². The van der Waals surface area contributed by atoms with Gasteiger partial charge in [0.15, 0.2) is 0 Å². The molecule has 0 aliphatic carbocycles. The molecular formula is C8H10N4O2. The maximum absolute atomic E-state index is 11.2. The summed E-state index contributed by atoms with van der Waals surface area (Å²) in [7, 11) is 3.05. The molecule has 1 aromatic heterocycles. The van der Waals surface area contributed by atoms with Crippen LogP contribution in [-0.4, -0.2) is 17.6 Å². The molecule has 0 atom stereocenters. The fourth-order valence-corrected chi connectivity index (χ4v) is 1.14. The molecule has 0 bridgehead atoms. The Kier molecular flexibility index (Phi) is 3.14.